The van der Waals surface area contributed by atoms with Gasteiger partial charge in [-0.1, -0.05) is 0 Å². The van der Waals surface area contributed by atoms with Crippen LogP contribution in [-0.2, 0) is 0 Å². The number of nitrogens with one attached hydrogen (secondary N) is 1. The van der Waals surface area contributed by atoms with Crippen molar-refractivity contribution in [2.24, 2.45) is 0 Å². The second-order valence-electron chi connectivity index (χ2n) is 5.58. The highest BCUT2D eigenvalue weighted by molar-refractivity contribution is 5.85. The van der Waals surface area contributed by atoms with E-state index in [-0.39, 0.29) is 0 Å². The molecule has 112 valence electrons. The molecule has 0 radical (unpaired) electrons. The maximum atomic E-state index is 5.82. The van der Waals surface area contributed by atoms with Crippen LogP contribution in [0.3, 0.4) is 0 Å². The smallest absolute Gasteiger partial charge is 0.225 e. The van der Waals surface area contributed by atoms with Crippen molar-refractivity contribution in [1.82, 2.24) is 25.1 Å². The SMILES string of the molecule is Nc1[nH]nc2nc([C@H]3CCCN(c4ncccn4)C3)ccc12. The first-order chi connectivity index (χ1) is 10.8. The summed E-state index contributed by atoms with van der Waals surface area (Å²) in [7, 11) is 0. The molecule has 7 nitrogen and oxygen atoms in total. The number of pyridine rings is 1. The highest BCUT2D eigenvalue weighted by Gasteiger charge is 2.24. The molecule has 1 aliphatic heterocycles. The Balaban J connectivity index is 1.61. The van der Waals surface area contributed by atoms with E-state index in [1.54, 1.807) is 12.4 Å². The van der Waals surface area contributed by atoms with Crippen molar-refractivity contribution in [3.05, 3.63) is 36.3 Å². The Hall–Kier alpha value is -2.70. The molecule has 0 aromatic carbocycles. The summed E-state index contributed by atoms with van der Waals surface area (Å²) < 4.78 is 0. The van der Waals surface area contributed by atoms with Crippen LogP contribution >= 0.6 is 0 Å². The van der Waals surface area contributed by atoms with Gasteiger partial charge >= 0.3 is 0 Å². The lowest BCUT2D eigenvalue weighted by Crippen LogP contribution is -2.35. The van der Waals surface area contributed by atoms with E-state index in [1.165, 1.54) is 0 Å². The number of piperidine rings is 1. The van der Waals surface area contributed by atoms with Crippen LogP contribution in [0.4, 0.5) is 11.8 Å². The van der Waals surface area contributed by atoms with Crippen LogP contribution in [0.2, 0.25) is 0 Å². The van der Waals surface area contributed by atoms with Crippen molar-refractivity contribution < 1.29 is 0 Å². The molecule has 4 heterocycles. The van der Waals surface area contributed by atoms with Crippen molar-refractivity contribution in [3.63, 3.8) is 0 Å². The first-order valence-electron chi connectivity index (χ1n) is 7.44. The minimum Gasteiger partial charge on any atom is -0.384 e. The quantitative estimate of drug-likeness (QED) is 0.747. The molecule has 3 aromatic heterocycles. The molecule has 0 saturated carbocycles. The van der Waals surface area contributed by atoms with Crippen molar-refractivity contribution in [1.29, 1.82) is 0 Å². The number of hydrogen-bond acceptors (Lipinski definition) is 6. The van der Waals surface area contributed by atoms with Gasteiger partial charge in [0.05, 0.1) is 5.39 Å². The predicted molar refractivity (Wildman–Crippen MR) is 84.5 cm³/mol. The Kier molecular flexibility index (Phi) is 3.10. The van der Waals surface area contributed by atoms with E-state index in [9.17, 15) is 0 Å². The maximum Gasteiger partial charge on any atom is 0.225 e. The average Bonchev–Trinajstić information content (AvgIpc) is 2.96. The van der Waals surface area contributed by atoms with Gasteiger partial charge in [0.25, 0.3) is 0 Å². The largest absolute Gasteiger partial charge is 0.384 e. The second kappa shape index (κ2) is 5.25. The Morgan fingerprint density at radius 2 is 2.09 bits per heavy atom. The number of nitrogen functional groups attached to an aromatic ring is 1. The van der Waals surface area contributed by atoms with Crippen molar-refractivity contribution in [2.75, 3.05) is 23.7 Å². The van der Waals surface area contributed by atoms with E-state index in [2.05, 4.69) is 30.0 Å². The van der Waals surface area contributed by atoms with Gasteiger partial charge in [0.1, 0.15) is 5.82 Å². The van der Waals surface area contributed by atoms with Gasteiger partial charge in [-0.3, -0.25) is 5.10 Å². The molecule has 1 fully saturated rings. The minimum absolute atomic E-state index is 0.361. The molecule has 7 heteroatoms. The van der Waals surface area contributed by atoms with Gasteiger partial charge in [-0.15, -0.1) is 0 Å². The molecule has 0 amide bonds. The van der Waals surface area contributed by atoms with Crippen LogP contribution in [0.15, 0.2) is 30.6 Å². The van der Waals surface area contributed by atoms with Crippen LogP contribution in [0.5, 0.6) is 0 Å². The van der Waals surface area contributed by atoms with Crippen LogP contribution in [0, 0.1) is 0 Å². The van der Waals surface area contributed by atoms with Gasteiger partial charge in [0.15, 0.2) is 5.65 Å². The van der Waals surface area contributed by atoms with Gasteiger partial charge in [-0.2, -0.15) is 5.10 Å². The normalized spacial score (nSPS) is 18.7. The zero-order chi connectivity index (χ0) is 14.9. The minimum atomic E-state index is 0.361. The fourth-order valence-electron chi connectivity index (χ4n) is 3.01. The highest BCUT2D eigenvalue weighted by atomic mass is 15.3. The summed E-state index contributed by atoms with van der Waals surface area (Å²) in [6, 6.07) is 5.88. The first-order valence-corrected chi connectivity index (χ1v) is 7.44. The van der Waals surface area contributed by atoms with Crippen molar-refractivity contribution >= 4 is 22.8 Å². The first kappa shape index (κ1) is 13.0. The number of aromatic amines is 1. The summed E-state index contributed by atoms with van der Waals surface area (Å²) in [5.74, 6) is 1.72. The molecule has 3 aromatic rings. The molecule has 0 spiro atoms. The number of aromatic nitrogens is 5. The number of nitrogens with zero attached hydrogens (tertiary/aromatic N) is 5. The average molecular weight is 295 g/mol. The predicted octanol–water partition coefficient (Wildman–Crippen LogP) is 1.71. The Morgan fingerprint density at radius 3 is 2.95 bits per heavy atom. The number of hydrogen-bond donors (Lipinski definition) is 2. The molecule has 1 saturated heterocycles. The van der Waals surface area contributed by atoms with Crippen molar-refractivity contribution in [2.45, 2.75) is 18.8 Å². The van der Waals surface area contributed by atoms with Gasteiger partial charge in [0.2, 0.25) is 5.95 Å². The molecule has 0 aliphatic carbocycles. The Morgan fingerprint density at radius 1 is 1.23 bits per heavy atom. The van der Waals surface area contributed by atoms with E-state index in [0.717, 1.165) is 43.0 Å². The molecule has 4 rings (SSSR count). The number of H-pyrrole nitrogens is 1. The third kappa shape index (κ3) is 2.24. The molecular weight excluding hydrogens is 278 g/mol. The van der Waals surface area contributed by atoms with Gasteiger partial charge < -0.3 is 10.6 Å². The van der Waals surface area contributed by atoms with Crippen LogP contribution in [0.25, 0.3) is 11.0 Å². The number of fused-ring (bicyclic) bond motifs is 1. The van der Waals surface area contributed by atoms with E-state index >= 15 is 0 Å². The lowest BCUT2D eigenvalue weighted by atomic mass is 9.94. The molecule has 0 bridgehead atoms. The summed E-state index contributed by atoms with van der Waals surface area (Å²) in [6.07, 6.45) is 5.78. The van der Waals surface area contributed by atoms with E-state index in [4.69, 9.17) is 5.73 Å². The monoisotopic (exact) mass is 295 g/mol. The maximum absolute atomic E-state index is 5.82. The molecule has 1 aliphatic rings. The van der Waals surface area contributed by atoms with E-state index in [1.807, 2.05) is 18.2 Å². The summed E-state index contributed by atoms with van der Waals surface area (Å²) in [5.41, 5.74) is 7.56. The number of anilines is 2. The summed E-state index contributed by atoms with van der Waals surface area (Å²) in [6.45, 7) is 1.86. The molecule has 22 heavy (non-hydrogen) atoms. The van der Waals surface area contributed by atoms with Gasteiger partial charge in [-0.25, -0.2) is 15.0 Å². The van der Waals surface area contributed by atoms with E-state index in [0.29, 0.717) is 17.4 Å². The fourth-order valence-corrected chi connectivity index (χ4v) is 3.01. The molecular formula is C15H17N7. The standard InChI is InChI=1S/C15H17N7/c16-13-11-4-5-12(19-14(11)21-20-13)10-3-1-8-22(9-10)15-17-6-2-7-18-15/h2,4-7,10H,1,3,8-9H2,(H3,16,19,20,21)/t10-/m0/s1. The van der Waals surface area contributed by atoms with Crippen LogP contribution in [0.1, 0.15) is 24.5 Å². The zero-order valence-corrected chi connectivity index (χ0v) is 12.1. The molecule has 1 atom stereocenters. The topological polar surface area (TPSA) is 96.6 Å². The lowest BCUT2D eigenvalue weighted by Gasteiger charge is -2.32. The van der Waals surface area contributed by atoms with Gasteiger partial charge in [-0.05, 0) is 31.0 Å². The lowest BCUT2D eigenvalue weighted by molar-refractivity contribution is 0.496. The molecule has 3 N–H and O–H groups in total. The summed E-state index contributed by atoms with van der Waals surface area (Å²) >= 11 is 0. The Labute approximate surface area is 127 Å². The summed E-state index contributed by atoms with van der Waals surface area (Å²) in [4.78, 5) is 15.6. The number of rotatable bonds is 2. The second-order valence-corrected chi connectivity index (χ2v) is 5.58. The Bertz CT molecular complexity index is 783. The number of nitrogens with two attached hydrogens (primary N) is 1. The highest BCUT2D eigenvalue weighted by Crippen LogP contribution is 2.29. The summed E-state index contributed by atoms with van der Waals surface area (Å²) in [5, 5.41) is 7.81. The van der Waals surface area contributed by atoms with Crippen molar-refractivity contribution in [3.8, 4) is 0 Å². The van der Waals surface area contributed by atoms with E-state index < -0.39 is 0 Å². The fraction of sp³-hybridized carbons (Fsp3) is 0.333. The van der Waals surface area contributed by atoms with Crippen LogP contribution in [-0.4, -0.2) is 38.2 Å². The third-order valence-corrected chi connectivity index (χ3v) is 4.14. The van der Waals surface area contributed by atoms with Gasteiger partial charge in [0, 0.05) is 37.1 Å². The van der Waals surface area contributed by atoms with Crippen LogP contribution < -0.4 is 10.6 Å². The third-order valence-electron chi connectivity index (χ3n) is 4.14. The molecule has 0 unspecified atom stereocenters. The zero-order valence-electron chi connectivity index (χ0n) is 12.1.